The van der Waals surface area contributed by atoms with Crippen LogP contribution in [0.25, 0.3) is 0 Å². The van der Waals surface area contributed by atoms with Crippen LogP contribution in [-0.2, 0) is 21.5 Å². The van der Waals surface area contributed by atoms with E-state index in [4.69, 9.17) is 9.72 Å². The quantitative estimate of drug-likeness (QED) is 0.690. The van der Waals surface area contributed by atoms with E-state index >= 15 is 0 Å². The summed E-state index contributed by atoms with van der Waals surface area (Å²) in [5, 5.41) is 6.23. The van der Waals surface area contributed by atoms with Crippen LogP contribution in [-0.4, -0.2) is 49.1 Å². The Morgan fingerprint density at radius 3 is 2.83 bits per heavy atom. The molecule has 1 aliphatic heterocycles. The van der Waals surface area contributed by atoms with Gasteiger partial charge in [-0.1, -0.05) is 26.0 Å². The van der Waals surface area contributed by atoms with Gasteiger partial charge in [0.05, 0.1) is 12.3 Å². The third-order valence-corrected chi connectivity index (χ3v) is 5.32. The van der Waals surface area contributed by atoms with Crippen LogP contribution in [0.5, 0.6) is 0 Å². The minimum absolute atomic E-state index is 0.204. The number of halogens is 1. The first kappa shape index (κ1) is 22.2. The lowest BCUT2D eigenvalue weighted by Gasteiger charge is -2.40. The van der Waals surface area contributed by atoms with Crippen LogP contribution in [0.2, 0.25) is 0 Å². The largest absolute Gasteiger partial charge is 0.383 e. The van der Waals surface area contributed by atoms with Gasteiger partial charge in [0.25, 0.3) is 0 Å². The lowest BCUT2D eigenvalue weighted by atomic mass is 9.79. The normalized spacial score (nSPS) is 18.9. The van der Waals surface area contributed by atoms with Gasteiger partial charge in [-0.05, 0) is 42.7 Å². The Hall–Kier alpha value is -2.51. The number of nitrogens with zero attached hydrogens (tertiary/aromatic N) is 2. The summed E-state index contributed by atoms with van der Waals surface area (Å²) < 4.78 is 18.8. The maximum Gasteiger partial charge on any atom is 0.237 e. The SMILES string of the molecule is COCCN1Cc2ccc(NCC(C)C)nc2C(C)(C(=O)Nc2cccc(F)c2)C1. The van der Waals surface area contributed by atoms with Crippen LogP contribution in [0, 0.1) is 11.7 Å². The van der Waals surface area contributed by atoms with Crippen LogP contribution >= 0.6 is 0 Å². The number of anilines is 2. The lowest BCUT2D eigenvalue weighted by Crippen LogP contribution is -2.52. The number of aromatic nitrogens is 1. The molecule has 162 valence electrons. The second kappa shape index (κ2) is 9.53. The average Bonchev–Trinajstić information content (AvgIpc) is 2.71. The third-order valence-electron chi connectivity index (χ3n) is 5.32. The van der Waals surface area contributed by atoms with Gasteiger partial charge < -0.3 is 15.4 Å². The van der Waals surface area contributed by atoms with Gasteiger partial charge >= 0.3 is 0 Å². The van der Waals surface area contributed by atoms with Gasteiger partial charge in [0.1, 0.15) is 17.1 Å². The molecule has 0 fully saturated rings. The van der Waals surface area contributed by atoms with Gasteiger partial charge in [0, 0.05) is 39.0 Å². The Morgan fingerprint density at radius 1 is 1.33 bits per heavy atom. The highest BCUT2D eigenvalue weighted by Crippen LogP contribution is 2.34. The van der Waals surface area contributed by atoms with E-state index in [9.17, 15) is 9.18 Å². The van der Waals surface area contributed by atoms with Gasteiger partial charge in [0.15, 0.2) is 0 Å². The molecular formula is C23H31FN4O2. The highest BCUT2D eigenvalue weighted by atomic mass is 19.1. The van der Waals surface area contributed by atoms with E-state index in [1.807, 2.05) is 19.1 Å². The molecule has 0 saturated carbocycles. The first-order valence-corrected chi connectivity index (χ1v) is 10.3. The van der Waals surface area contributed by atoms with Gasteiger partial charge in [-0.15, -0.1) is 0 Å². The van der Waals surface area contributed by atoms with Crippen molar-refractivity contribution in [3.05, 3.63) is 53.5 Å². The van der Waals surface area contributed by atoms with Crippen LogP contribution < -0.4 is 10.6 Å². The second-order valence-electron chi connectivity index (χ2n) is 8.48. The predicted molar refractivity (Wildman–Crippen MR) is 117 cm³/mol. The standard InChI is InChI=1S/C23H31FN4O2/c1-16(2)13-25-20-9-8-17-14-28(10-11-30-4)15-23(3,21(17)27-20)22(29)26-19-7-5-6-18(24)12-19/h5-9,12,16H,10-11,13-15H2,1-4H3,(H,25,27)(H,26,29). The molecule has 0 radical (unpaired) electrons. The Balaban J connectivity index is 1.93. The van der Waals surface area contributed by atoms with Crippen molar-refractivity contribution in [3.8, 4) is 0 Å². The van der Waals surface area contributed by atoms with Crippen LogP contribution in [0.4, 0.5) is 15.9 Å². The van der Waals surface area contributed by atoms with Gasteiger partial charge in [-0.3, -0.25) is 9.69 Å². The molecule has 0 spiro atoms. The summed E-state index contributed by atoms with van der Waals surface area (Å²) in [6.07, 6.45) is 0. The summed E-state index contributed by atoms with van der Waals surface area (Å²) >= 11 is 0. The fraction of sp³-hybridized carbons (Fsp3) is 0.478. The number of hydrogen-bond donors (Lipinski definition) is 2. The predicted octanol–water partition coefficient (Wildman–Crippen LogP) is 3.65. The highest BCUT2D eigenvalue weighted by Gasteiger charge is 2.43. The molecule has 2 heterocycles. The number of nitrogens with one attached hydrogen (secondary N) is 2. The minimum atomic E-state index is -0.886. The van der Waals surface area contributed by atoms with Crippen LogP contribution in [0.1, 0.15) is 32.0 Å². The zero-order chi connectivity index (χ0) is 21.7. The summed E-state index contributed by atoms with van der Waals surface area (Å²) in [5.74, 6) is 0.652. The fourth-order valence-electron chi connectivity index (χ4n) is 3.71. The van der Waals surface area contributed by atoms with Gasteiger partial charge in [-0.25, -0.2) is 9.37 Å². The van der Waals surface area contributed by atoms with Crippen molar-refractivity contribution in [2.75, 3.05) is 44.0 Å². The van der Waals surface area contributed by atoms with E-state index in [1.165, 1.54) is 12.1 Å². The average molecular weight is 415 g/mol. The van der Waals surface area contributed by atoms with Crippen molar-refractivity contribution in [3.63, 3.8) is 0 Å². The molecule has 2 N–H and O–H groups in total. The Kier molecular flexibility index (Phi) is 7.05. The van der Waals surface area contributed by atoms with Crippen molar-refractivity contribution in [2.24, 2.45) is 5.92 Å². The van der Waals surface area contributed by atoms with E-state index in [0.717, 1.165) is 23.6 Å². The summed E-state index contributed by atoms with van der Waals surface area (Å²) in [4.78, 5) is 20.4. The first-order chi connectivity index (χ1) is 14.3. The zero-order valence-electron chi connectivity index (χ0n) is 18.2. The monoisotopic (exact) mass is 414 g/mol. The zero-order valence-corrected chi connectivity index (χ0v) is 18.2. The first-order valence-electron chi connectivity index (χ1n) is 10.3. The third kappa shape index (κ3) is 5.15. The van der Waals surface area contributed by atoms with Gasteiger partial charge in [-0.2, -0.15) is 0 Å². The van der Waals surface area contributed by atoms with Gasteiger partial charge in [0.2, 0.25) is 5.91 Å². The van der Waals surface area contributed by atoms with E-state index in [0.29, 0.717) is 37.8 Å². The lowest BCUT2D eigenvalue weighted by molar-refractivity contribution is -0.122. The molecule has 1 atom stereocenters. The maximum atomic E-state index is 13.6. The Morgan fingerprint density at radius 2 is 2.13 bits per heavy atom. The van der Waals surface area contributed by atoms with Crippen LogP contribution in [0.15, 0.2) is 36.4 Å². The Bertz CT molecular complexity index is 889. The number of hydrogen-bond acceptors (Lipinski definition) is 5. The molecule has 30 heavy (non-hydrogen) atoms. The molecule has 1 aromatic carbocycles. The number of rotatable bonds is 8. The summed E-state index contributed by atoms with van der Waals surface area (Å²) in [7, 11) is 1.67. The number of pyridine rings is 1. The molecular weight excluding hydrogens is 383 g/mol. The van der Waals surface area contributed by atoms with E-state index in [-0.39, 0.29) is 11.7 Å². The maximum absolute atomic E-state index is 13.6. The summed E-state index contributed by atoms with van der Waals surface area (Å²) in [5.41, 5.74) is 1.33. The molecule has 3 rings (SSSR count). The molecule has 0 saturated heterocycles. The van der Waals surface area contributed by atoms with Crippen molar-refractivity contribution in [1.29, 1.82) is 0 Å². The van der Waals surface area contributed by atoms with Crippen molar-refractivity contribution in [1.82, 2.24) is 9.88 Å². The number of benzene rings is 1. The summed E-state index contributed by atoms with van der Waals surface area (Å²) in [6.45, 7) is 9.48. The van der Waals surface area contributed by atoms with E-state index in [1.54, 1.807) is 19.2 Å². The highest BCUT2D eigenvalue weighted by molar-refractivity contribution is 5.99. The fourth-order valence-corrected chi connectivity index (χ4v) is 3.71. The van der Waals surface area contributed by atoms with Crippen LogP contribution in [0.3, 0.4) is 0 Å². The molecule has 1 aromatic heterocycles. The molecule has 2 aromatic rings. The number of carbonyl (C=O) groups is 1. The Labute approximate surface area is 177 Å². The number of fused-ring (bicyclic) bond motifs is 1. The number of amides is 1. The number of methoxy groups -OCH3 is 1. The topological polar surface area (TPSA) is 66.5 Å². The molecule has 1 aliphatic rings. The summed E-state index contributed by atoms with van der Waals surface area (Å²) in [6, 6.07) is 9.95. The van der Waals surface area contributed by atoms with E-state index in [2.05, 4.69) is 29.4 Å². The molecule has 7 heteroatoms. The number of carbonyl (C=O) groups excluding carboxylic acids is 1. The molecule has 0 aliphatic carbocycles. The van der Waals surface area contributed by atoms with E-state index < -0.39 is 5.41 Å². The minimum Gasteiger partial charge on any atom is -0.383 e. The smallest absolute Gasteiger partial charge is 0.237 e. The molecule has 1 amide bonds. The van der Waals surface area contributed by atoms with Crippen molar-refractivity contribution >= 4 is 17.4 Å². The molecule has 1 unspecified atom stereocenters. The number of ether oxygens (including phenoxy) is 1. The molecule has 0 bridgehead atoms. The second-order valence-corrected chi connectivity index (χ2v) is 8.48. The van der Waals surface area contributed by atoms with Crippen molar-refractivity contribution in [2.45, 2.75) is 32.7 Å². The van der Waals surface area contributed by atoms with Crippen molar-refractivity contribution < 1.29 is 13.9 Å². The molecule has 6 nitrogen and oxygen atoms in total.